The van der Waals surface area contributed by atoms with Crippen LogP contribution >= 0.6 is 0 Å². The lowest BCUT2D eigenvalue weighted by Gasteiger charge is -2.50. The van der Waals surface area contributed by atoms with E-state index in [4.69, 9.17) is 5.73 Å². The number of rotatable bonds is 5. The zero-order valence-corrected chi connectivity index (χ0v) is 15.6. The predicted molar refractivity (Wildman–Crippen MR) is 102 cm³/mol. The number of aliphatic carboxylic acids is 1. The van der Waals surface area contributed by atoms with Gasteiger partial charge in [0.05, 0.1) is 11.5 Å². The van der Waals surface area contributed by atoms with E-state index in [1.165, 1.54) is 6.20 Å². The number of carbonyl (C=O) groups excluding carboxylic acids is 2. The minimum absolute atomic E-state index is 0.147. The number of nitrogens with one attached hydrogen (secondary N) is 1. The van der Waals surface area contributed by atoms with E-state index in [2.05, 4.69) is 10.3 Å². The Kier molecular flexibility index (Phi) is 5.04. The van der Waals surface area contributed by atoms with Gasteiger partial charge in [0.15, 0.2) is 6.04 Å². The van der Waals surface area contributed by atoms with Gasteiger partial charge in [-0.1, -0.05) is 36.4 Å². The third kappa shape index (κ3) is 3.40. The lowest BCUT2D eigenvalue weighted by atomic mass is 9.68. The molecular formula is C20H22N4O4. The molecule has 0 aliphatic carbocycles. The fourth-order valence-electron chi connectivity index (χ4n) is 3.54. The van der Waals surface area contributed by atoms with Gasteiger partial charge >= 0.3 is 12.0 Å². The summed E-state index contributed by atoms with van der Waals surface area (Å²) in [5.74, 6) is -1.43. The van der Waals surface area contributed by atoms with Crippen molar-refractivity contribution in [1.29, 1.82) is 0 Å². The Hall–Kier alpha value is -3.42. The van der Waals surface area contributed by atoms with Crippen molar-refractivity contribution in [2.24, 2.45) is 5.41 Å². The Morgan fingerprint density at radius 1 is 1.29 bits per heavy atom. The molecule has 2 heterocycles. The number of β-lactam (4-membered cyclic amide) rings is 1. The van der Waals surface area contributed by atoms with Gasteiger partial charge in [-0.25, -0.2) is 19.5 Å². The van der Waals surface area contributed by atoms with Gasteiger partial charge in [-0.3, -0.25) is 4.79 Å². The van der Waals surface area contributed by atoms with Crippen LogP contribution in [0.4, 0.5) is 10.6 Å². The van der Waals surface area contributed by atoms with E-state index < -0.39 is 29.4 Å². The summed E-state index contributed by atoms with van der Waals surface area (Å²) in [6.07, 6.45) is 1.65. The molecule has 3 amide bonds. The third-order valence-electron chi connectivity index (χ3n) is 5.08. The van der Waals surface area contributed by atoms with Crippen molar-refractivity contribution < 1.29 is 19.5 Å². The van der Waals surface area contributed by atoms with Crippen molar-refractivity contribution >= 4 is 23.7 Å². The Bertz CT molecular complexity index is 900. The van der Waals surface area contributed by atoms with E-state index in [1.54, 1.807) is 26.0 Å². The van der Waals surface area contributed by atoms with Gasteiger partial charge < -0.3 is 16.2 Å². The minimum atomic E-state index is -1.26. The van der Waals surface area contributed by atoms with Crippen molar-refractivity contribution in [2.75, 3.05) is 5.73 Å². The van der Waals surface area contributed by atoms with E-state index in [9.17, 15) is 19.5 Å². The second-order valence-corrected chi connectivity index (χ2v) is 7.18. The maximum atomic E-state index is 12.8. The number of hydrogen-bond acceptors (Lipinski definition) is 5. The van der Waals surface area contributed by atoms with Gasteiger partial charge in [-0.05, 0) is 37.5 Å². The molecule has 1 fully saturated rings. The van der Waals surface area contributed by atoms with E-state index in [1.807, 2.05) is 30.3 Å². The molecule has 0 radical (unpaired) electrons. The lowest BCUT2D eigenvalue weighted by Crippen LogP contribution is -2.74. The SMILES string of the molecule is C[C@@H](NC(=O)N1C(=O)[C@](C)(Cc2ccc(N)nc2)[C@H]1C(=O)O)c1ccccc1. The van der Waals surface area contributed by atoms with Crippen LogP contribution in [0.3, 0.4) is 0 Å². The summed E-state index contributed by atoms with van der Waals surface area (Å²) in [6, 6.07) is 10.1. The molecule has 3 atom stereocenters. The fourth-order valence-corrected chi connectivity index (χ4v) is 3.54. The highest BCUT2D eigenvalue weighted by Gasteiger charge is 2.63. The molecule has 4 N–H and O–H groups in total. The van der Waals surface area contributed by atoms with Crippen LogP contribution in [-0.4, -0.2) is 38.9 Å². The number of benzene rings is 1. The number of pyridine rings is 1. The number of aromatic nitrogens is 1. The molecule has 1 aromatic heterocycles. The zero-order valence-electron chi connectivity index (χ0n) is 15.6. The number of nitrogens with zero attached hydrogens (tertiary/aromatic N) is 2. The highest BCUT2D eigenvalue weighted by Crippen LogP contribution is 2.42. The van der Waals surface area contributed by atoms with Crippen LogP contribution in [0.25, 0.3) is 0 Å². The van der Waals surface area contributed by atoms with Crippen LogP contribution in [0, 0.1) is 5.41 Å². The second kappa shape index (κ2) is 7.30. The predicted octanol–water partition coefficient (Wildman–Crippen LogP) is 1.98. The maximum absolute atomic E-state index is 12.8. The highest BCUT2D eigenvalue weighted by atomic mass is 16.4. The van der Waals surface area contributed by atoms with Gasteiger partial charge in [-0.15, -0.1) is 0 Å². The number of carboxylic acid groups (broad SMARTS) is 1. The molecule has 8 nitrogen and oxygen atoms in total. The first kappa shape index (κ1) is 19.3. The molecule has 1 aliphatic rings. The van der Waals surface area contributed by atoms with Crippen LogP contribution in [0.15, 0.2) is 48.7 Å². The van der Waals surface area contributed by atoms with Crippen molar-refractivity contribution in [3.05, 3.63) is 59.8 Å². The Morgan fingerprint density at radius 3 is 2.54 bits per heavy atom. The smallest absolute Gasteiger partial charge is 0.328 e. The number of amides is 3. The molecule has 146 valence electrons. The molecule has 0 unspecified atom stereocenters. The second-order valence-electron chi connectivity index (χ2n) is 7.18. The average molecular weight is 382 g/mol. The van der Waals surface area contributed by atoms with Crippen LogP contribution in [0.1, 0.15) is 31.0 Å². The Labute approximate surface area is 162 Å². The first-order valence-electron chi connectivity index (χ1n) is 8.86. The van der Waals surface area contributed by atoms with E-state index in [0.29, 0.717) is 11.4 Å². The summed E-state index contributed by atoms with van der Waals surface area (Å²) in [7, 11) is 0. The number of urea groups is 1. The van der Waals surface area contributed by atoms with Crippen LogP contribution in [0.2, 0.25) is 0 Å². The number of likely N-dealkylation sites (tertiary alicyclic amines) is 1. The number of nitrogen functional groups attached to an aromatic ring is 1. The number of carbonyl (C=O) groups is 3. The first-order chi connectivity index (χ1) is 13.2. The summed E-state index contributed by atoms with van der Waals surface area (Å²) < 4.78 is 0. The number of imide groups is 1. The zero-order chi connectivity index (χ0) is 20.5. The van der Waals surface area contributed by atoms with Gasteiger partial charge in [0.1, 0.15) is 5.82 Å². The van der Waals surface area contributed by atoms with Gasteiger partial charge in [0.25, 0.3) is 0 Å². The topological polar surface area (TPSA) is 126 Å². The first-order valence-corrected chi connectivity index (χ1v) is 8.86. The average Bonchev–Trinajstić information content (AvgIpc) is 2.67. The third-order valence-corrected chi connectivity index (χ3v) is 5.08. The molecule has 0 saturated carbocycles. The summed E-state index contributed by atoms with van der Waals surface area (Å²) in [4.78, 5) is 42.0. The van der Waals surface area contributed by atoms with E-state index in [0.717, 1.165) is 10.5 Å². The number of anilines is 1. The molecule has 8 heteroatoms. The maximum Gasteiger partial charge on any atom is 0.328 e. The summed E-state index contributed by atoms with van der Waals surface area (Å²) in [5.41, 5.74) is 5.85. The number of hydrogen-bond donors (Lipinski definition) is 3. The van der Waals surface area contributed by atoms with Gasteiger partial charge in [0.2, 0.25) is 5.91 Å². The molecular weight excluding hydrogens is 360 g/mol. The molecule has 0 spiro atoms. The molecule has 1 aromatic carbocycles. The Morgan fingerprint density at radius 2 is 1.96 bits per heavy atom. The van der Waals surface area contributed by atoms with Crippen molar-refractivity contribution in [3.8, 4) is 0 Å². The molecule has 3 rings (SSSR count). The van der Waals surface area contributed by atoms with Crippen LogP contribution < -0.4 is 11.1 Å². The van der Waals surface area contributed by atoms with Crippen molar-refractivity contribution in [3.63, 3.8) is 0 Å². The lowest BCUT2D eigenvalue weighted by molar-refractivity contribution is -0.176. The van der Waals surface area contributed by atoms with Gasteiger partial charge in [-0.2, -0.15) is 0 Å². The summed E-state index contributed by atoms with van der Waals surface area (Å²) in [5, 5.41) is 12.4. The van der Waals surface area contributed by atoms with Gasteiger partial charge in [0, 0.05) is 6.20 Å². The quantitative estimate of drug-likeness (QED) is 0.679. The molecule has 0 bridgehead atoms. The van der Waals surface area contributed by atoms with Crippen LogP contribution in [-0.2, 0) is 16.0 Å². The standard InChI is InChI=1S/C20H22N4O4/c1-12(14-6-4-3-5-7-14)23-19(28)24-16(17(25)26)20(2,18(24)27)10-13-8-9-15(21)22-11-13/h3-9,11-12,16H,10H2,1-2H3,(H2,21,22)(H,23,28)(H,25,26)/t12-,16-,20-/m1/s1. The highest BCUT2D eigenvalue weighted by molar-refractivity contribution is 6.09. The monoisotopic (exact) mass is 382 g/mol. The van der Waals surface area contributed by atoms with Crippen molar-refractivity contribution in [2.45, 2.75) is 32.4 Å². The molecule has 1 aliphatic heterocycles. The van der Waals surface area contributed by atoms with Crippen molar-refractivity contribution in [1.82, 2.24) is 15.2 Å². The fraction of sp³-hybridized carbons (Fsp3) is 0.300. The molecule has 28 heavy (non-hydrogen) atoms. The van der Waals surface area contributed by atoms with E-state index in [-0.39, 0.29) is 12.5 Å². The molecule has 2 aromatic rings. The number of carboxylic acids is 1. The normalized spacial score (nSPS) is 22.3. The van der Waals surface area contributed by atoms with Crippen LogP contribution in [0.5, 0.6) is 0 Å². The summed E-state index contributed by atoms with van der Waals surface area (Å²) >= 11 is 0. The largest absolute Gasteiger partial charge is 0.480 e. The van der Waals surface area contributed by atoms with E-state index >= 15 is 0 Å². The Balaban J connectivity index is 1.77. The summed E-state index contributed by atoms with van der Waals surface area (Å²) in [6.45, 7) is 3.32. The number of nitrogens with two attached hydrogens (primary N) is 1. The molecule has 1 saturated heterocycles. The minimum Gasteiger partial charge on any atom is -0.480 e.